The number of likely N-dealkylation sites (N-methyl/N-ethyl adjacent to an activating group) is 1. The van der Waals surface area contributed by atoms with E-state index in [-0.39, 0.29) is 17.3 Å². The number of ether oxygens (including phenoxy) is 1. The summed E-state index contributed by atoms with van der Waals surface area (Å²) < 4.78 is 5.34. The summed E-state index contributed by atoms with van der Waals surface area (Å²) in [5.74, 6) is 0.440. The van der Waals surface area contributed by atoms with E-state index in [1.54, 1.807) is 0 Å². The fourth-order valence-electron chi connectivity index (χ4n) is 1.47. The molecule has 1 aromatic rings. The number of hydrogen-bond acceptors (Lipinski definition) is 6. The molecule has 7 heteroatoms. The zero-order valence-corrected chi connectivity index (χ0v) is 12.0. The van der Waals surface area contributed by atoms with E-state index in [0.717, 1.165) is 13.0 Å². The largest absolute Gasteiger partial charge is 0.463 e. The van der Waals surface area contributed by atoms with E-state index < -0.39 is 0 Å². The normalized spacial score (nSPS) is 12.6. The highest BCUT2D eigenvalue weighted by Crippen LogP contribution is 2.12. The van der Waals surface area contributed by atoms with Gasteiger partial charge in [-0.15, -0.1) is 0 Å². The average Bonchev–Trinajstić information content (AvgIpc) is 2.24. The highest BCUT2D eigenvalue weighted by atomic mass is 35.5. The standard InChI is InChI=1S/C11H20ClN5O/c1-5-6-18-11-15-9(12)14-10(16-11)13-8(2)7-17(3)4/h8H,5-7H2,1-4H3,(H,13,14,15,16). The van der Waals surface area contributed by atoms with E-state index in [2.05, 4.69) is 25.2 Å². The molecule has 0 saturated heterocycles. The molecule has 0 bridgehead atoms. The summed E-state index contributed by atoms with van der Waals surface area (Å²) in [6.07, 6.45) is 0.892. The minimum Gasteiger partial charge on any atom is -0.463 e. The Balaban J connectivity index is 2.67. The van der Waals surface area contributed by atoms with Gasteiger partial charge >= 0.3 is 6.01 Å². The van der Waals surface area contributed by atoms with Crippen molar-refractivity contribution in [2.24, 2.45) is 0 Å². The van der Waals surface area contributed by atoms with E-state index in [9.17, 15) is 0 Å². The third-order valence-corrected chi connectivity index (χ3v) is 2.21. The molecule has 1 heterocycles. The lowest BCUT2D eigenvalue weighted by molar-refractivity contribution is 0.291. The van der Waals surface area contributed by atoms with Crippen molar-refractivity contribution in [3.8, 4) is 6.01 Å². The van der Waals surface area contributed by atoms with Crippen LogP contribution in [0.5, 0.6) is 6.01 Å². The van der Waals surface area contributed by atoms with Crippen LogP contribution in [0.1, 0.15) is 20.3 Å². The van der Waals surface area contributed by atoms with E-state index in [4.69, 9.17) is 16.3 Å². The van der Waals surface area contributed by atoms with E-state index in [1.165, 1.54) is 0 Å². The Morgan fingerprint density at radius 2 is 2.06 bits per heavy atom. The third kappa shape index (κ3) is 5.46. The minimum atomic E-state index is 0.135. The molecule has 0 radical (unpaired) electrons. The number of nitrogens with one attached hydrogen (secondary N) is 1. The molecule has 1 rings (SSSR count). The number of aromatic nitrogens is 3. The van der Waals surface area contributed by atoms with Crippen LogP contribution in [0.3, 0.4) is 0 Å². The van der Waals surface area contributed by atoms with Gasteiger partial charge in [-0.3, -0.25) is 0 Å². The van der Waals surface area contributed by atoms with E-state index in [0.29, 0.717) is 12.6 Å². The topological polar surface area (TPSA) is 63.2 Å². The van der Waals surface area contributed by atoms with Crippen LogP contribution in [0.2, 0.25) is 5.28 Å². The molecule has 1 unspecified atom stereocenters. The number of halogens is 1. The molecule has 0 amide bonds. The zero-order valence-electron chi connectivity index (χ0n) is 11.3. The molecular weight excluding hydrogens is 254 g/mol. The molecule has 1 atom stereocenters. The van der Waals surface area contributed by atoms with Crippen molar-refractivity contribution in [1.29, 1.82) is 0 Å². The summed E-state index contributed by atoms with van der Waals surface area (Å²) in [6, 6.07) is 0.467. The first-order valence-corrected chi connectivity index (χ1v) is 6.34. The van der Waals surface area contributed by atoms with Crippen LogP contribution >= 0.6 is 11.6 Å². The van der Waals surface area contributed by atoms with Gasteiger partial charge in [-0.1, -0.05) is 6.92 Å². The molecule has 1 N–H and O–H groups in total. The fourth-order valence-corrected chi connectivity index (χ4v) is 1.62. The lowest BCUT2D eigenvalue weighted by Gasteiger charge is -2.18. The molecule has 0 aliphatic carbocycles. The van der Waals surface area contributed by atoms with Gasteiger partial charge in [0.15, 0.2) is 0 Å². The first-order valence-electron chi connectivity index (χ1n) is 5.97. The van der Waals surface area contributed by atoms with Gasteiger partial charge in [0.1, 0.15) is 0 Å². The van der Waals surface area contributed by atoms with Crippen LogP contribution in [0, 0.1) is 0 Å². The first kappa shape index (κ1) is 14.9. The Bertz CT molecular complexity index is 374. The second-order valence-corrected chi connectivity index (χ2v) is 4.70. The molecule has 102 valence electrons. The number of rotatable bonds is 7. The van der Waals surface area contributed by atoms with Crippen LogP contribution in [-0.2, 0) is 0 Å². The quantitative estimate of drug-likeness (QED) is 0.815. The Hall–Kier alpha value is -1.14. The highest BCUT2D eigenvalue weighted by molar-refractivity contribution is 6.28. The van der Waals surface area contributed by atoms with Crippen molar-refractivity contribution in [1.82, 2.24) is 19.9 Å². The summed E-state index contributed by atoms with van der Waals surface area (Å²) in [7, 11) is 4.02. The van der Waals surface area contributed by atoms with Gasteiger partial charge in [0.2, 0.25) is 11.2 Å². The second-order valence-electron chi connectivity index (χ2n) is 4.37. The molecule has 1 aromatic heterocycles. The Morgan fingerprint density at radius 3 is 2.67 bits per heavy atom. The summed E-state index contributed by atoms with van der Waals surface area (Å²) in [5.41, 5.74) is 0. The first-order chi connectivity index (χ1) is 8.51. The molecule has 0 spiro atoms. The number of anilines is 1. The Kier molecular flexibility index (Phi) is 6.07. The maximum absolute atomic E-state index is 5.83. The number of hydrogen-bond donors (Lipinski definition) is 1. The van der Waals surface area contributed by atoms with Crippen molar-refractivity contribution >= 4 is 17.5 Å². The Labute approximate surface area is 113 Å². The van der Waals surface area contributed by atoms with Gasteiger partial charge in [-0.05, 0) is 39.0 Å². The monoisotopic (exact) mass is 273 g/mol. The summed E-state index contributed by atoms with van der Waals surface area (Å²) in [6.45, 7) is 5.49. The van der Waals surface area contributed by atoms with Crippen LogP contribution in [0.25, 0.3) is 0 Å². The highest BCUT2D eigenvalue weighted by Gasteiger charge is 2.09. The smallest absolute Gasteiger partial charge is 0.322 e. The lowest BCUT2D eigenvalue weighted by Crippen LogP contribution is -2.30. The average molecular weight is 274 g/mol. The molecule has 0 aliphatic rings. The molecule has 18 heavy (non-hydrogen) atoms. The maximum atomic E-state index is 5.83. The molecular formula is C11H20ClN5O. The molecule has 0 saturated carbocycles. The Morgan fingerprint density at radius 1 is 1.33 bits per heavy atom. The maximum Gasteiger partial charge on any atom is 0.322 e. The minimum absolute atomic E-state index is 0.135. The summed E-state index contributed by atoms with van der Waals surface area (Å²) >= 11 is 5.83. The molecule has 0 aromatic carbocycles. The van der Waals surface area contributed by atoms with Crippen molar-refractivity contribution in [3.05, 3.63) is 5.28 Å². The van der Waals surface area contributed by atoms with Crippen LogP contribution < -0.4 is 10.1 Å². The van der Waals surface area contributed by atoms with E-state index >= 15 is 0 Å². The van der Waals surface area contributed by atoms with Crippen LogP contribution in [-0.4, -0.2) is 53.1 Å². The van der Waals surface area contributed by atoms with Gasteiger partial charge in [0.05, 0.1) is 6.61 Å². The fraction of sp³-hybridized carbons (Fsp3) is 0.727. The summed E-state index contributed by atoms with van der Waals surface area (Å²) in [4.78, 5) is 14.2. The van der Waals surface area contributed by atoms with Crippen LogP contribution in [0.15, 0.2) is 0 Å². The summed E-state index contributed by atoms with van der Waals surface area (Å²) in [5, 5.41) is 3.30. The van der Waals surface area contributed by atoms with Crippen LogP contribution in [0.4, 0.5) is 5.95 Å². The van der Waals surface area contributed by atoms with Gasteiger partial charge in [-0.2, -0.15) is 15.0 Å². The van der Waals surface area contributed by atoms with Gasteiger partial charge < -0.3 is 15.0 Å². The molecule has 0 fully saturated rings. The predicted octanol–water partition coefficient (Wildman–Crippen LogP) is 1.68. The third-order valence-electron chi connectivity index (χ3n) is 2.04. The number of nitrogens with zero attached hydrogens (tertiary/aromatic N) is 4. The zero-order chi connectivity index (χ0) is 13.5. The molecule has 6 nitrogen and oxygen atoms in total. The SMILES string of the molecule is CCCOc1nc(Cl)nc(NC(C)CN(C)C)n1. The van der Waals surface area contributed by atoms with Crippen molar-refractivity contribution in [2.45, 2.75) is 26.3 Å². The lowest BCUT2D eigenvalue weighted by atomic mass is 10.3. The van der Waals surface area contributed by atoms with E-state index in [1.807, 2.05) is 27.9 Å². The van der Waals surface area contributed by atoms with Gasteiger partial charge in [-0.25, -0.2) is 0 Å². The van der Waals surface area contributed by atoms with Crippen molar-refractivity contribution in [2.75, 3.05) is 32.6 Å². The second kappa shape index (κ2) is 7.33. The van der Waals surface area contributed by atoms with Crippen molar-refractivity contribution in [3.63, 3.8) is 0 Å². The molecule has 0 aliphatic heterocycles. The van der Waals surface area contributed by atoms with Gasteiger partial charge in [0, 0.05) is 12.6 Å². The van der Waals surface area contributed by atoms with Crippen molar-refractivity contribution < 1.29 is 4.74 Å². The predicted molar refractivity (Wildman–Crippen MR) is 72.3 cm³/mol. The van der Waals surface area contributed by atoms with Gasteiger partial charge in [0.25, 0.3) is 0 Å².